The Balaban J connectivity index is 3.40. The maximum Gasteiger partial charge on any atom is 0.326 e. The highest BCUT2D eigenvalue weighted by molar-refractivity contribution is 7.80. The molecule has 42 heteroatoms. The van der Waals surface area contributed by atoms with Crippen molar-refractivity contribution >= 4 is 126 Å². The second kappa shape index (κ2) is 49.1. The number of carbonyl (C=O) groups excluding carboxylic acids is 14. The standard InChI is InChI=1S/C62H111N21O19S2/c1-7-30(2)47(60(100)83-25-15-20-43(83)58(98)79-39(26-44(66)85)55(95)75-36(17-9-12-22-64)52(92)77-38(61(101)102)18-10-13-23-65)82-53(93)37(19-14-24-70-62(68)69)74-51(91)35(16-8-11-21-63)76-56(96)41(28-103)80-50(90)33(5)72-48(88)31(3)71-49(89)32(4)73-54(94)40(27-45(86)87)78-57(97)42(29-104)81-59(99)46(67)34(6)84/h30-43,46-47,84,103-104H,7-29,63-65,67H2,1-6H3,(H2,66,85)(H,71,89)(H,72,88)(H,73,94)(H,74,91)(H,75,95)(H,76,96)(H,77,92)(H,78,97)(H,79,98)(H,80,90)(H,81,99)(H,82,93)(H,86,87)(H,101,102)(H4,68,69,70)/t30-,31-,32-,33-,34+,35-,36-,37-,38-,39-,40-,41-,42-,43-,46-,47-/m0/s1. The van der Waals surface area contributed by atoms with Crippen LogP contribution in [0.1, 0.15) is 144 Å². The number of aliphatic imine (C=N–C) groups is 1. The predicted molar refractivity (Wildman–Crippen MR) is 384 cm³/mol. The van der Waals surface area contributed by atoms with Crippen LogP contribution >= 0.6 is 25.3 Å². The van der Waals surface area contributed by atoms with Crippen LogP contribution in [0.25, 0.3) is 0 Å². The van der Waals surface area contributed by atoms with E-state index in [1.807, 2.05) is 0 Å². The van der Waals surface area contributed by atoms with Gasteiger partial charge in [0.15, 0.2) is 5.96 Å². The number of amides is 14. The van der Waals surface area contributed by atoms with Gasteiger partial charge in [0.2, 0.25) is 82.7 Å². The lowest BCUT2D eigenvalue weighted by atomic mass is 9.96. The van der Waals surface area contributed by atoms with Crippen molar-refractivity contribution in [3.05, 3.63) is 0 Å². The maximum atomic E-state index is 14.8. The number of hydrogen-bond acceptors (Lipinski definition) is 24. The Kier molecular flexibility index (Phi) is 44.0. The molecule has 1 aliphatic heterocycles. The molecule has 0 unspecified atom stereocenters. The van der Waals surface area contributed by atoms with Crippen molar-refractivity contribution in [2.75, 3.05) is 44.2 Å². The van der Waals surface area contributed by atoms with Gasteiger partial charge in [0.05, 0.1) is 18.9 Å². The zero-order chi connectivity index (χ0) is 79.1. The van der Waals surface area contributed by atoms with Crippen molar-refractivity contribution in [2.24, 2.45) is 51.0 Å². The first-order valence-electron chi connectivity index (χ1n) is 34.4. The third kappa shape index (κ3) is 33.8. The van der Waals surface area contributed by atoms with Crippen LogP contribution in [0.3, 0.4) is 0 Å². The lowest BCUT2D eigenvalue weighted by Crippen LogP contribution is -2.61. The van der Waals surface area contributed by atoms with Gasteiger partial charge in [0, 0.05) is 24.6 Å². The van der Waals surface area contributed by atoms with Gasteiger partial charge in [-0.15, -0.1) is 0 Å². The number of likely N-dealkylation sites (tertiary alicyclic amines) is 1. The molecule has 0 spiro atoms. The van der Waals surface area contributed by atoms with Gasteiger partial charge in [0.25, 0.3) is 0 Å². The number of rotatable bonds is 51. The summed E-state index contributed by atoms with van der Waals surface area (Å²) in [5.41, 5.74) is 39.3. The molecular weight excluding hydrogens is 1410 g/mol. The minimum absolute atomic E-state index is 0.00942. The molecule has 14 amide bonds. The fraction of sp³-hybridized carbons (Fsp3) is 0.726. The van der Waals surface area contributed by atoms with Gasteiger partial charge < -0.3 is 124 Å². The summed E-state index contributed by atoms with van der Waals surface area (Å²) in [6, 6.07) is -20.4. The number of nitrogens with one attached hydrogen (secondary N) is 12. The monoisotopic (exact) mass is 1520 g/mol. The molecule has 40 nitrogen and oxygen atoms in total. The van der Waals surface area contributed by atoms with Gasteiger partial charge in [-0.1, -0.05) is 20.3 Å². The van der Waals surface area contributed by atoms with Crippen LogP contribution in [-0.2, 0) is 76.7 Å². The van der Waals surface area contributed by atoms with Gasteiger partial charge >= 0.3 is 11.9 Å². The lowest BCUT2D eigenvalue weighted by Gasteiger charge is -2.33. The number of aliphatic hydroxyl groups excluding tert-OH is 1. The fourth-order valence-electron chi connectivity index (χ4n) is 10.2. The number of unbranched alkanes of at least 4 members (excludes halogenated alkanes) is 3. The smallest absolute Gasteiger partial charge is 0.326 e. The van der Waals surface area contributed by atoms with Crippen LogP contribution in [0.4, 0.5) is 0 Å². The van der Waals surface area contributed by atoms with Crippen molar-refractivity contribution in [3.63, 3.8) is 0 Å². The van der Waals surface area contributed by atoms with Gasteiger partial charge in [-0.3, -0.25) is 76.9 Å². The van der Waals surface area contributed by atoms with Crippen molar-refractivity contribution < 1.29 is 92.0 Å². The van der Waals surface area contributed by atoms with Crippen molar-refractivity contribution in [1.82, 2.24) is 68.7 Å². The van der Waals surface area contributed by atoms with Crippen LogP contribution in [0.5, 0.6) is 0 Å². The van der Waals surface area contributed by atoms with E-state index >= 15 is 0 Å². The summed E-state index contributed by atoms with van der Waals surface area (Å²) in [6.07, 6.45) is -0.348. The first-order valence-corrected chi connectivity index (χ1v) is 35.7. The number of carbonyl (C=O) groups is 16. The SMILES string of the molecule is CC[C@H](C)[C@H](NC(=O)[C@H](CCCN=C(N)N)NC(=O)[C@H](CCCCN)NC(=O)[C@H](CS)NC(=O)[C@H](C)NC(=O)[C@H](C)NC(=O)[C@H](C)NC(=O)[C@H](CC(=O)O)NC(=O)[C@H](CS)NC(=O)[C@@H](N)[C@@H](C)O)C(=O)N1CCC[C@H]1C(=O)N[C@@H](CC(N)=O)C(=O)N[C@@H](CCCCN)C(=O)N[C@@H](CCCCN)C(=O)O. The average molecular weight is 1520 g/mol. The van der Waals surface area contributed by atoms with Crippen LogP contribution < -0.4 is 104 Å². The minimum atomic E-state index is -1.80. The van der Waals surface area contributed by atoms with Crippen LogP contribution in [-0.4, -0.2) is 256 Å². The largest absolute Gasteiger partial charge is 0.481 e. The third-order valence-electron chi connectivity index (χ3n) is 16.7. The van der Waals surface area contributed by atoms with E-state index in [2.05, 4.69) is 94.1 Å². The number of primary amides is 1. The molecule has 104 heavy (non-hydrogen) atoms. The molecule has 16 atom stereocenters. The number of hydrogen-bond donors (Lipinski definition) is 24. The van der Waals surface area contributed by atoms with E-state index in [1.165, 1.54) is 32.6 Å². The molecule has 1 heterocycles. The molecule has 0 aromatic carbocycles. The van der Waals surface area contributed by atoms with E-state index in [0.717, 1.165) is 0 Å². The number of aliphatic hydroxyl groups is 1. The Morgan fingerprint density at radius 1 is 0.471 bits per heavy atom. The van der Waals surface area contributed by atoms with E-state index in [-0.39, 0.29) is 108 Å². The Morgan fingerprint density at radius 2 is 0.837 bits per heavy atom. The summed E-state index contributed by atoms with van der Waals surface area (Å²) in [5.74, 6) is -17.8. The summed E-state index contributed by atoms with van der Waals surface area (Å²) >= 11 is 8.24. The molecule has 0 radical (unpaired) electrons. The molecule has 0 bridgehead atoms. The Bertz CT molecular complexity index is 2950. The molecule has 29 N–H and O–H groups in total. The summed E-state index contributed by atoms with van der Waals surface area (Å²) in [6.45, 7) is 8.88. The minimum Gasteiger partial charge on any atom is -0.481 e. The lowest BCUT2D eigenvalue weighted by molar-refractivity contribution is -0.144. The quantitative estimate of drug-likeness (QED) is 0.0116. The first-order chi connectivity index (χ1) is 48.9. The number of aliphatic carboxylic acids is 2. The van der Waals surface area contributed by atoms with E-state index in [9.17, 15) is 92.0 Å². The van der Waals surface area contributed by atoms with E-state index in [0.29, 0.717) is 32.1 Å². The Labute approximate surface area is 614 Å². The molecule has 1 fully saturated rings. The summed E-state index contributed by atoms with van der Waals surface area (Å²) in [7, 11) is 0. The maximum absolute atomic E-state index is 14.8. The number of nitrogens with zero attached hydrogens (tertiary/aromatic N) is 2. The van der Waals surface area contributed by atoms with Crippen LogP contribution in [0.15, 0.2) is 4.99 Å². The second-order valence-electron chi connectivity index (χ2n) is 25.3. The molecule has 0 saturated carbocycles. The zero-order valence-electron chi connectivity index (χ0n) is 59.7. The molecule has 590 valence electrons. The highest BCUT2D eigenvalue weighted by Crippen LogP contribution is 2.23. The van der Waals surface area contributed by atoms with Gasteiger partial charge in [-0.2, -0.15) is 25.3 Å². The second-order valence-corrected chi connectivity index (χ2v) is 26.0. The molecule has 0 aliphatic carbocycles. The van der Waals surface area contributed by atoms with E-state index in [4.69, 9.17) is 40.1 Å². The summed E-state index contributed by atoms with van der Waals surface area (Å²) in [5, 5.41) is 58.1. The number of carboxylic acid groups (broad SMARTS) is 2. The third-order valence-corrected chi connectivity index (χ3v) is 17.4. The molecule has 1 saturated heterocycles. The van der Waals surface area contributed by atoms with Crippen molar-refractivity contribution in [2.45, 2.75) is 235 Å². The number of guanidine groups is 1. The highest BCUT2D eigenvalue weighted by Gasteiger charge is 2.42. The Hall–Kier alpha value is -8.71. The van der Waals surface area contributed by atoms with E-state index < -0.39 is 204 Å². The molecule has 1 rings (SSSR count). The molecule has 1 aliphatic rings. The average Bonchev–Trinajstić information content (AvgIpc) is 1.58. The number of thiol groups is 2. The van der Waals surface area contributed by atoms with Gasteiger partial charge in [-0.25, -0.2) is 4.79 Å². The summed E-state index contributed by atoms with van der Waals surface area (Å²) in [4.78, 5) is 220. The van der Waals surface area contributed by atoms with Gasteiger partial charge in [-0.05, 0) is 137 Å². The van der Waals surface area contributed by atoms with Crippen molar-refractivity contribution in [1.29, 1.82) is 0 Å². The summed E-state index contributed by atoms with van der Waals surface area (Å²) < 4.78 is 0. The van der Waals surface area contributed by atoms with Crippen molar-refractivity contribution in [3.8, 4) is 0 Å². The predicted octanol–water partition coefficient (Wildman–Crippen LogP) is -8.66. The topological polar surface area (TPSA) is 676 Å². The van der Waals surface area contributed by atoms with Crippen LogP contribution in [0, 0.1) is 5.92 Å². The van der Waals surface area contributed by atoms with Gasteiger partial charge in [0.1, 0.15) is 84.6 Å². The van der Waals surface area contributed by atoms with Crippen LogP contribution in [0.2, 0.25) is 0 Å². The first kappa shape index (κ1) is 93.3. The normalized spacial score (nSPS) is 16.9. The fourth-order valence-corrected chi connectivity index (χ4v) is 10.8. The molecule has 0 aromatic rings. The van der Waals surface area contributed by atoms with E-state index in [1.54, 1.807) is 13.8 Å². The molecule has 0 aromatic heterocycles. The zero-order valence-corrected chi connectivity index (χ0v) is 61.5. The number of carboxylic acids is 2. The highest BCUT2D eigenvalue weighted by atomic mass is 32.1. The number of nitrogens with two attached hydrogens (primary N) is 7. The Morgan fingerprint density at radius 3 is 1.25 bits per heavy atom. The molecular formula is C62H111N21O19S2.